The van der Waals surface area contributed by atoms with Crippen molar-refractivity contribution < 1.29 is 14.4 Å². The predicted octanol–water partition coefficient (Wildman–Crippen LogP) is 3.64. The van der Waals surface area contributed by atoms with Crippen molar-refractivity contribution in [1.82, 2.24) is 15.5 Å². The minimum absolute atomic E-state index is 0.0307. The summed E-state index contributed by atoms with van der Waals surface area (Å²) in [5.74, 6) is -0.464. The molecule has 0 saturated carbocycles. The molecule has 0 radical (unpaired) electrons. The van der Waals surface area contributed by atoms with E-state index in [2.05, 4.69) is 10.6 Å². The number of hydrogen-bond donors (Lipinski definition) is 2. The van der Waals surface area contributed by atoms with Gasteiger partial charge in [0.2, 0.25) is 11.8 Å². The summed E-state index contributed by atoms with van der Waals surface area (Å²) in [6.07, 6.45) is 1.25. The molecule has 6 nitrogen and oxygen atoms in total. The van der Waals surface area contributed by atoms with Crippen LogP contribution in [0.4, 0.5) is 0 Å². The summed E-state index contributed by atoms with van der Waals surface area (Å²) in [7, 11) is 0. The lowest BCUT2D eigenvalue weighted by Gasteiger charge is -2.31. The molecule has 0 bridgehead atoms. The molecule has 3 amide bonds. The summed E-state index contributed by atoms with van der Waals surface area (Å²) in [5, 5.41) is 5.70. The number of piperidine rings is 1. The van der Waals surface area contributed by atoms with E-state index >= 15 is 0 Å². The number of hydrogen-bond acceptors (Lipinski definition) is 3. The molecule has 1 saturated heterocycles. The molecule has 0 aliphatic carbocycles. The quantitative estimate of drug-likeness (QED) is 0.571. The van der Waals surface area contributed by atoms with Gasteiger partial charge in [0.05, 0.1) is 6.54 Å². The maximum Gasteiger partial charge on any atom is 0.251 e. The Kier molecular flexibility index (Phi) is 7.71. The topological polar surface area (TPSA) is 78.5 Å². The van der Waals surface area contributed by atoms with E-state index in [4.69, 9.17) is 0 Å². The van der Waals surface area contributed by atoms with Crippen LogP contribution in [0.1, 0.15) is 28.8 Å². The largest absolute Gasteiger partial charge is 0.352 e. The van der Waals surface area contributed by atoms with E-state index in [9.17, 15) is 14.4 Å². The minimum atomic E-state index is -0.275. The molecule has 4 rings (SSSR count). The van der Waals surface area contributed by atoms with Crippen molar-refractivity contribution >= 4 is 17.7 Å². The van der Waals surface area contributed by atoms with Gasteiger partial charge in [0.25, 0.3) is 5.91 Å². The first kappa shape index (κ1) is 23.2. The smallest absolute Gasteiger partial charge is 0.251 e. The van der Waals surface area contributed by atoms with Gasteiger partial charge in [-0.25, -0.2) is 0 Å². The van der Waals surface area contributed by atoms with E-state index in [1.54, 1.807) is 17.0 Å². The van der Waals surface area contributed by atoms with Gasteiger partial charge in [-0.2, -0.15) is 0 Å². The Bertz CT molecular complexity index is 1110. The Hall–Kier alpha value is -3.93. The molecule has 6 heteroatoms. The van der Waals surface area contributed by atoms with E-state index < -0.39 is 0 Å². The van der Waals surface area contributed by atoms with E-state index in [0.29, 0.717) is 38.0 Å². The normalized spacial score (nSPS) is 13.8. The van der Waals surface area contributed by atoms with Crippen molar-refractivity contribution in [3.8, 4) is 11.1 Å². The van der Waals surface area contributed by atoms with Gasteiger partial charge in [0.1, 0.15) is 0 Å². The lowest BCUT2D eigenvalue weighted by molar-refractivity contribution is -0.134. The number of carbonyl (C=O) groups excluding carboxylic acids is 3. The first-order valence-electron chi connectivity index (χ1n) is 11.6. The highest BCUT2D eigenvalue weighted by Gasteiger charge is 2.27. The third kappa shape index (κ3) is 6.10. The van der Waals surface area contributed by atoms with Gasteiger partial charge in [0.15, 0.2) is 0 Å². The number of benzene rings is 3. The fraction of sp³-hybridized carbons (Fsp3) is 0.250. The lowest BCUT2D eigenvalue weighted by atomic mass is 9.95. The first-order chi connectivity index (χ1) is 16.6. The molecule has 174 valence electrons. The van der Waals surface area contributed by atoms with E-state index in [0.717, 1.165) is 16.7 Å². The molecule has 3 aromatic rings. The van der Waals surface area contributed by atoms with Crippen LogP contribution in [-0.2, 0) is 16.1 Å². The highest BCUT2D eigenvalue weighted by molar-refractivity contribution is 5.96. The van der Waals surface area contributed by atoms with Crippen LogP contribution < -0.4 is 10.6 Å². The highest BCUT2D eigenvalue weighted by atomic mass is 16.2. The molecule has 1 fully saturated rings. The first-order valence-corrected chi connectivity index (χ1v) is 11.6. The van der Waals surface area contributed by atoms with Gasteiger partial charge in [0, 0.05) is 31.1 Å². The Morgan fingerprint density at radius 2 is 1.32 bits per heavy atom. The minimum Gasteiger partial charge on any atom is -0.352 e. The van der Waals surface area contributed by atoms with Crippen LogP contribution in [0.5, 0.6) is 0 Å². The van der Waals surface area contributed by atoms with Gasteiger partial charge in [-0.05, 0) is 41.7 Å². The van der Waals surface area contributed by atoms with Gasteiger partial charge >= 0.3 is 0 Å². The van der Waals surface area contributed by atoms with E-state index in [-0.39, 0.29) is 30.2 Å². The highest BCUT2D eigenvalue weighted by Crippen LogP contribution is 2.20. The van der Waals surface area contributed by atoms with Gasteiger partial charge in [-0.1, -0.05) is 72.8 Å². The summed E-state index contributed by atoms with van der Waals surface area (Å²) in [4.78, 5) is 39.2. The van der Waals surface area contributed by atoms with Gasteiger partial charge < -0.3 is 15.5 Å². The van der Waals surface area contributed by atoms with Crippen LogP contribution in [0.3, 0.4) is 0 Å². The summed E-state index contributed by atoms with van der Waals surface area (Å²) < 4.78 is 0. The van der Waals surface area contributed by atoms with Crippen LogP contribution in [0, 0.1) is 5.92 Å². The maximum atomic E-state index is 12.6. The van der Waals surface area contributed by atoms with E-state index in [1.807, 2.05) is 72.8 Å². The van der Waals surface area contributed by atoms with Crippen LogP contribution in [0.15, 0.2) is 84.9 Å². The standard InChI is InChI=1S/C28H29N3O3/c32-26(20-30-27(33)24-13-11-23(12-14-24)22-9-5-2-6-10-22)31-17-15-25(16-18-31)28(34)29-19-21-7-3-1-4-8-21/h1-14,25H,15-20H2,(H,29,34)(H,30,33). The van der Waals surface area contributed by atoms with Crippen LogP contribution in [0.25, 0.3) is 11.1 Å². The zero-order valence-corrected chi connectivity index (χ0v) is 19.1. The third-order valence-electron chi connectivity index (χ3n) is 6.18. The Labute approximate surface area is 200 Å². The van der Waals surface area contributed by atoms with E-state index in [1.165, 1.54) is 0 Å². The number of nitrogens with zero attached hydrogens (tertiary/aromatic N) is 1. The average Bonchev–Trinajstić information content (AvgIpc) is 2.91. The van der Waals surface area contributed by atoms with Crippen LogP contribution in [-0.4, -0.2) is 42.3 Å². The average molecular weight is 456 g/mol. The Morgan fingerprint density at radius 1 is 0.735 bits per heavy atom. The number of amides is 3. The molecule has 1 aliphatic rings. The molecule has 34 heavy (non-hydrogen) atoms. The molecule has 1 heterocycles. The van der Waals surface area contributed by atoms with Crippen molar-refractivity contribution in [2.75, 3.05) is 19.6 Å². The summed E-state index contributed by atoms with van der Waals surface area (Å²) >= 11 is 0. The predicted molar refractivity (Wildman–Crippen MR) is 132 cm³/mol. The Morgan fingerprint density at radius 3 is 1.97 bits per heavy atom. The number of rotatable bonds is 7. The second-order valence-corrected chi connectivity index (χ2v) is 8.48. The fourth-order valence-corrected chi connectivity index (χ4v) is 4.13. The molecule has 3 aromatic carbocycles. The number of nitrogens with one attached hydrogen (secondary N) is 2. The zero-order valence-electron chi connectivity index (χ0n) is 19.1. The van der Waals surface area contributed by atoms with Gasteiger partial charge in [-0.15, -0.1) is 0 Å². The van der Waals surface area contributed by atoms with Crippen molar-refractivity contribution in [3.05, 3.63) is 96.1 Å². The molecular weight excluding hydrogens is 426 g/mol. The van der Waals surface area contributed by atoms with Crippen LogP contribution >= 0.6 is 0 Å². The lowest BCUT2D eigenvalue weighted by Crippen LogP contribution is -2.46. The molecule has 1 aliphatic heterocycles. The number of carbonyl (C=O) groups is 3. The molecule has 0 spiro atoms. The van der Waals surface area contributed by atoms with Crippen molar-refractivity contribution in [2.24, 2.45) is 5.92 Å². The molecule has 0 atom stereocenters. The molecular formula is C28H29N3O3. The summed E-state index contributed by atoms with van der Waals surface area (Å²) in [6, 6.07) is 27.1. The second-order valence-electron chi connectivity index (χ2n) is 8.48. The molecule has 0 aromatic heterocycles. The van der Waals surface area contributed by atoms with Crippen molar-refractivity contribution in [2.45, 2.75) is 19.4 Å². The Balaban J connectivity index is 1.19. The van der Waals surface area contributed by atoms with Gasteiger partial charge in [-0.3, -0.25) is 14.4 Å². The number of likely N-dealkylation sites (tertiary alicyclic amines) is 1. The van der Waals surface area contributed by atoms with Crippen LogP contribution in [0.2, 0.25) is 0 Å². The maximum absolute atomic E-state index is 12.6. The summed E-state index contributed by atoms with van der Waals surface area (Å²) in [6.45, 7) is 1.50. The SMILES string of the molecule is O=C(NCC(=O)N1CCC(C(=O)NCc2ccccc2)CC1)c1ccc(-c2ccccc2)cc1. The monoisotopic (exact) mass is 455 g/mol. The van der Waals surface area contributed by atoms with Crippen molar-refractivity contribution in [1.29, 1.82) is 0 Å². The zero-order chi connectivity index (χ0) is 23.8. The molecule has 0 unspecified atom stereocenters. The summed E-state index contributed by atoms with van der Waals surface area (Å²) in [5.41, 5.74) is 3.70. The third-order valence-corrected chi connectivity index (χ3v) is 6.18. The fourth-order valence-electron chi connectivity index (χ4n) is 4.13. The van der Waals surface area contributed by atoms with Crippen molar-refractivity contribution in [3.63, 3.8) is 0 Å². The molecule has 2 N–H and O–H groups in total. The second kappa shape index (κ2) is 11.3.